The van der Waals surface area contributed by atoms with E-state index in [0.717, 1.165) is 9.87 Å². The second-order valence-corrected chi connectivity index (χ2v) is 9.43. The Morgan fingerprint density at radius 1 is 1.06 bits per heavy atom. The molecule has 2 aromatic carbocycles. The van der Waals surface area contributed by atoms with Crippen molar-refractivity contribution in [3.63, 3.8) is 0 Å². The Bertz CT molecular complexity index is 1360. The first-order chi connectivity index (χ1) is 16.1. The SMILES string of the molecule is CCOC(=O)Nc1ccc2c(COC(=O)CN(C)S(=O)(=O)c3ccc(C)cc3)cc(=O)oc2c1. The molecule has 1 heterocycles. The molecule has 0 bridgehead atoms. The largest absolute Gasteiger partial charge is 0.460 e. The highest BCUT2D eigenvalue weighted by atomic mass is 32.2. The molecule has 0 unspecified atom stereocenters. The number of amides is 1. The van der Waals surface area contributed by atoms with Crippen molar-refractivity contribution >= 4 is 38.7 Å². The lowest BCUT2D eigenvalue weighted by molar-refractivity contribution is -0.144. The molecule has 1 aromatic heterocycles. The average molecular weight is 489 g/mol. The van der Waals surface area contributed by atoms with Crippen molar-refractivity contribution in [1.29, 1.82) is 0 Å². The number of rotatable bonds is 8. The molecule has 3 rings (SSSR count). The topological polar surface area (TPSA) is 132 Å². The summed E-state index contributed by atoms with van der Waals surface area (Å²) in [5, 5.41) is 2.99. The van der Waals surface area contributed by atoms with Crippen LogP contribution < -0.4 is 10.9 Å². The van der Waals surface area contributed by atoms with Crippen molar-refractivity contribution in [2.45, 2.75) is 25.3 Å². The van der Waals surface area contributed by atoms with Crippen LogP contribution in [0.15, 0.2) is 62.6 Å². The van der Waals surface area contributed by atoms with Gasteiger partial charge in [-0.2, -0.15) is 4.31 Å². The molecule has 0 radical (unpaired) electrons. The number of anilines is 1. The molecule has 0 saturated carbocycles. The fraction of sp³-hybridized carbons (Fsp3) is 0.261. The molecule has 0 atom stereocenters. The summed E-state index contributed by atoms with van der Waals surface area (Å²) in [7, 11) is -2.59. The van der Waals surface area contributed by atoms with E-state index in [0.29, 0.717) is 16.6 Å². The number of carbonyl (C=O) groups excluding carboxylic acids is 2. The summed E-state index contributed by atoms with van der Waals surface area (Å²) >= 11 is 0. The second kappa shape index (κ2) is 10.5. The molecule has 0 fully saturated rings. The number of hydrogen-bond donors (Lipinski definition) is 1. The van der Waals surface area contributed by atoms with Crippen molar-refractivity contribution in [1.82, 2.24) is 4.31 Å². The third kappa shape index (κ3) is 6.00. The van der Waals surface area contributed by atoms with Crippen LogP contribution in [-0.4, -0.2) is 45.0 Å². The molecule has 34 heavy (non-hydrogen) atoms. The zero-order chi connectivity index (χ0) is 24.9. The number of aryl methyl sites for hydroxylation is 1. The van der Waals surface area contributed by atoms with Gasteiger partial charge in [-0.1, -0.05) is 17.7 Å². The monoisotopic (exact) mass is 488 g/mol. The maximum atomic E-state index is 12.6. The number of esters is 1. The maximum Gasteiger partial charge on any atom is 0.411 e. The summed E-state index contributed by atoms with van der Waals surface area (Å²) in [6, 6.07) is 12.1. The summed E-state index contributed by atoms with van der Waals surface area (Å²) in [5.74, 6) is -0.792. The molecule has 3 aromatic rings. The van der Waals surface area contributed by atoms with E-state index in [2.05, 4.69) is 5.32 Å². The molecule has 11 heteroatoms. The number of likely N-dealkylation sites (N-methyl/N-ethyl adjacent to an activating group) is 1. The van der Waals surface area contributed by atoms with Crippen LogP contribution in [0.5, 0.6) is 0 Å². The molecule has 10 nitrogen and oxygen atoms in total. The van der Waals surface area contributed by atoms with Crippen molar-refractivity contribution in [3.05, 3.63) is 70.1 Å². The lowest BCUT2D eigenvalue weighted by atomic mass is 10.1. The van der Waals surface area contributed by atoms with Gasteiger partial charge in [0.05, 0.1) is 11.5 Å². The summed E-state index contributed by atoms with van der Waals surface area (Å²) in [5.41, 5.74) is 1.12. The van der Waals surface area contributed by atoms with Crippen molar-refractivity contribution in [2.24, 2.45) is 0 Å². The highest BCUT2D eigenvalue weighted by molar-refractivity contribution is 7.89. The van der Waals surface area contributed by atoms with Gasteiger partial charge in [0.1, 0.15) is 18.7 Å². The van der Waals surface area contributed by atoms with Crippen LogP contribution in [0.3, 0.4) is 0 Å². The van der Waals surface area contributed by atoms with Gasteiger partial charge in [0.25, 0.3) is 0 Å². The Morgan fingerprint density at radius 2 is 1.76 bits per heavy atom. The van der Waals surface area contributed by atoms with Crippen LogP contribution in [-0.2, 0) is 30.9 Å². The van der Waals surface area contributed by atoms with Crippen LogP contribution >= 0.6 is 0 Å². The van der Waals surface area contributed by atoms with Crippen molar-refractivity contribution in [3.8, 4) is 0 Å². The smallest absolute Gasteiger partial charge is 0.411 e. The number of hydrogen-bond acceptors (Lipinski definition) is 8. The minimum absolute atomic E-state index is 0.0623. The maximum absolute atomic E-state index is 12.6. The molecule has 0 aliphatic heterocycles. The van der Waals surface area contributed by atoms with E-state index < -0.39 is 34.3 Å². The number of carbonyl (C=O) groups is 2. The van der Waals surface area contributed by atoms with Gasteiger partial charge in [-0.15, -0.1) is 0 Å². The third-order valence-corrected chi connectivity index (χ3v) is 6.64. The second-order valence-electron chi connectivity index (χ2n) is 7.38. The quantitative estimate of drug-likeness (QED) is 0.378. The van der Waals surface area contributed by atoms with Crippen LogP contribution in [0.25, 0.3) is 11.0 Å². The van der Waals surface area contributed by atoms with E-state index in [9.17, 15) is 22.8 Å². The Balaban J connectivity index is 1.70. The predicted octanol–water partition coefficient (Wildman–Crippen LogP) is 3.03. The minimum Gasteiger partial charge on any atom is -0.460 e. The van der Waals surface area contributed by atoms with Crippen molar-refractivity contribution in [2.75, 3.05) is 25.5 Å². The normalized spacial score (nSPS) is 11.4. The van der Waals surface area contributed by atoms with Gasteiger partial charge in [-0.3, -0.25) is 10.1 Å². The summed E-state index contributed by atoms with van der Waals surface area (Å²) in [4.78, 5) is 36.0. The average Bonchev–Trinajstić information content (AvgIpc) is 2.77. The molecule has 180 valence electrons. The van der Waals surface area contributed by atoms with Gasteiger partial charge in [0.2, 0.25) is 10.0 Å². The lowest BCUT2D eigenvalue weighted by Crippen LogP contribution is -2.33. The van der Waals surface area contributed by atoms with Gasteiger partial charge >= 0.3 is 17.7 Å². The van der Waals surface area contributed by atoms with E-state index >= 15 is 0 Å². The van der Waals surface area contributed by atoms with Gasteiger partial charge in [0, 0.05) is 35.8 Å². The first-order valence-electron chi connectivity index (χ1n) is 10.3. The summed E-state index contributed by atoms with van der Waals surface area (Å²) < 4.78 is 41.4. The molecule has 0 aliphatic carbocycles. The molecular weight excluding hydrogens is 464 g/mol. The van der Waals surface area contributed by atoms with Crippen LogP contribution in [0.4, 0.5) is 10.5 Å². The van der Waals surface area contributed by atoms with Gasteiger partial charge in [-0.05, 0) is 38.1 Å². The molecule has 1 N–H and O–H groups in total. The Hall–Kier alpha value is -3.70. The highest BCUT2D eigenvalue weighted by Gasteiger charge is 2.23. The van der Waals surface area contributed by atoms with Crippen LogP contribution in [0.1, 0.15) is 18.1 Å². The van der Waals surface area contributed by atoms with E-state index in [1.165, 1.54) is 31.3 Å². The standard InChI is InChI=1S/C23H24N2O8S/c1-4-31-23(28)24-17-7-10-19-16(11-21(26)33-20(19)12-17)14-32-22(27)13-25(3)34(29,30)18-8-5-15(2)6-9-18/h5-12H,4,13-14H2,1-3H3,(H,24,28). The number of benzene rings is 2. The number of sulfonamides is 1. The number of ether oxygens (including phenoxy) is 2. The third-order valence-electron chi connectivity index (χ3n) is 4.82. The van der Waals surface area contributed by atoms with Crippen LogP contribution in [0, 0.1) is 6.92 Å². The van der Waals surface area contributed by atoms with E-state index in [1.807, 2.05) is 6.92 Å². The molecular formula is C23H24N2O8S. The number of nitrogens with one attached hydrogen (secondary N) is 1. The minimum atomic E-state index is -3.87. The molecule has 1 amide bonds. The predicted molar refractivity (Wildman–Crippen MR) is 124 cm³/mol. The molecule has 0 saturated heterocycles. The van der Waals surface area contributed by atoms with E-state index in [-0.39, 0.29) is 23.7 Å². The number of nitrogens with zero attached hydrogens (tertiary/aromatic N) is 1. The van der Waals surface area contributed by atoms with Gasteiger partial charge < -0.3 is 13.9 Å². The molecule has 0 aliphatic rings. The van der Waals surface area contributed by atoms with Gasteiger partial charge in [0.15, 0.2) is 0 Å². The zero-order valence-corrected chi connectivity index (χ0v) is 19.7. The zero-order valence-electron chi connectivity index (χ0n) is 18.9. The lowest BCUT2D eigenvalue weighted by Gasteiger charge is -2.16. The van der Waals surface area contributed by atoms with E-state index in [1.54, 1.807) is 31.2 Å². The highest BCUT2D eigenvalue weighted by Crippen LogP contribution is 2.22. The number of fused-ring (bicyclic) bond motifs is 1. The Morgan fingerprint density at radius 3 is 2.44 bits per heavy atom. The fourth-order valence-electron chi connectivity index (χ4n) is 3.07. The fourth-order valence-corrected chi connectivity index (χ4v) is 4.19. The Labute approximate surface area is 196 Å². The van der Waals surface area contributed by atoms with Crippen molar-refractivity contribution < 1.29 is 31.9 Å². The first kappa shape index (κ1) is 24.9. The first-order valence-corrected chi connectivity index (χ1v) is 11.7. The summed E-state index contributed by atoms with van der Waals surface area (Å²) in [6.07, 6.45) is -0.654. The van der Waals surface area contributed by atoms with E-state index in [4.69, 9.17) is 13.9 Å². The van der Waals surface area contributed by atoms with Crippen LogP contribution in [0.2, 0.25) is 0 Å². The van der Waals surface area contributed by atoms with Gasteiger partial charge in [-0.25, -0.2) is 18.0 Å². The Kier molecular flexibility index (Phi) is 7.69. The summed E-state index contributed by atoms with van der Waals surface area (Å²) in [6.45, 7) is 2.92. The molecule has 0 spiro atoms.